The first-order valence-corrected chi connectivity index (χ1v) is 5.56. The first-order valence-electron chi connectivity index (χ1n) is 5.56. The van der Waals surface area contributed by atoms with Gasteiger partial charge in [0.2, 0.25) is 0 Å². The third-order valence-corrected chi connectivity index (χ3v) is 2.04. The molecule has 5 heteroatoms. The summed E-state index contributed by atoms with van der Waals surface area (Å²) in [4.78, 5) is 11.4. The molecule has 1 N–H and O–H groups in total. The molecule has 0 aromatic heterocycles. The molecular formula is C13H17F2NO2. The number of anilines is 1. The van der Waals surface area contributed by atoms with Gasteiger partial charge in [-0.15, -0.1) is 0 Å². The first kappa shape index (κ1) is 14.4. The Morgan fingerprint density at radius 1 is 1.11 bits per heavy atom. The van der Waals surface area contributed by atoms with Crippen molar-refractivity contribution in [2.45, 2.75) is 39.2 Å². The lowest BCUT2D eigenvalue weighted by atomic mass is 10.1. The van der Waals surface area contributed by atoms with Gasteiger partial charge in [-0.25, -0.2) is 13.6 Å². The van der Waals surface area contributed by atoms with Crippen molar-refractivity contribution < 1.29 is 18.3 Å². The van der Waals surface area contributed by atoms with Crippen LogP contribution < -0.4 is 5.32 Å². The Morgan fingerprint density at radius 3 is 2.00 bits per heavy atom. The molecular weight excluding hydrogens is 240 g/mol. The number of halogens is 2. The van der Waals surface area contributed by atoms with Crippen LogP contribution in [0.25, 0.3) is 0 Å². The Hall–Kier alpha value is -1.65. The highest BCUT2D eigenvalue weighted by Crippen LogP contribution is 2.27. The van der Waals surface area contributed by atoms with E-state index >= 15 is 0 Å². The van der Waals surface area contributed by atoms with Gasteiger partial charge in [0, 0.05) is 18.2 Å². The zero-order chi connectivity index (χ0) is 14.0. The molecule has 0 aliphatic carbocycles. The molecule has 0 unspecified atom stereocenters. The number of alkyl halides is 2. The highest BCUT2D eigenvalue weighted by atomic mass is 19.3. The molecule has 18 heavy (non-hydrogen) atoms. The highest BCUT2D eigenvalue weighted by molar-refractivity contribution is 5.84. The van der Waals surface area contributed by atoms with Crippen LogP contribution in [-0.2, 0) is 10.7 Å². The molecule has 100 valence electrons. The number of carbonyl (C=O) groups excluding carboxylic acids is 1. The Kier molecular flexibility index (Phi) is 3.94. The number of hydrogen-bond acceptors (Lipinski definition) is 2. The normalized spacial score (nSPS) is 12.1. The number of amides is 1. The molecule has 0 saturated heterocycles. The average molecular weight is 257 g/mol. The first-order chi connectivity index (χ1) is 8.08. The highest BCUT2D eigenvalue weighted by Gasteiger charge is 2.24. The number of rotatable bonds is 2. The largest absolute Gasteiger partial charge is 0.444 e. The van der Waals surface area contributed by atoms with Crippen LogP contribution in [0.1, 0.15) is 33.3 Å². The van der Waals surface area contributed by atoms with Crippen LogP contribution in [0.4, 0.5) is 19.3 Å². The Balaban J connectivity index is 2.67. The van der Waals surface area contributed by atoms with Gasteiger partial charge in [-0.05, 0) is 32.9 Å². The molecule has 0 radical (unpaired) electrons. The van der Waals surface area contributed by atoms with E-state index in [1.807, 2.05) is 0 Å². The van der Waals surface area contributed by atoms with Gasteiger partial charge in [0.25, 0.3) is 5.92 Å². The summed E-state index contributed by atoms with van der Waals surface area (Å²) < 4.78 is 31.0. The Morgan fingerprint density at radius 2 is 1.61 bits per heavy atom. The van der Waals surface area contributed by atoms with E-state index in [0.717, 1.165) is 6.92 Å². The molecule has 0 heterocycles. The van der Waals surface area contributed by atoms with Crippen molar-refractivity contribution >= 4 is 11.8 Å². The van der Waals surface area contributed by atoms with Crippen molar-refractivity contribution in [3.63, 3.8) is 0 Å². The predicted octanol–water partition coefficient (Wildman–Crippen LogP) is 4.15. The number of hydrogen-bond donors (Lipinski definition) is 1. The zero-order valence-corrected chi connectivity index (χ0v) is 10.9. The molecule has 1 aromatic rings. The molecule has 3 nitrogen and oxygen atoms in total. The van der Waals surface area contributed by atoms with E-state index in [9.17, 15) is 13.6 Å². The molecule has 1 rings (SSSR count). The van der Waals surface area contributed by atoms with Gasteiger partial charge in [0.15, 0.2) is 0 Å². The average Bonchev–Trinajstić information content (AvgIpc) is 2.13. The van der Waals surface area contributed by atoms with Gasteiger partial charge in [0.05, 0.1) is 0 Å². The van der Waals surface area contributed by atoms with E-state index in [4.69, 9.17) is 4.74 Å². The van der Waals surface area contributed by atoms with Gasteiger partial charge in [0.1, 0.15) is 5.60 Å². The SMILES string of the molecule is CC(C)(C)OC(=O)Nc1ccc(C(C)(F)F)cc1. The number of carbonyl (C=O) groups is 1. The second kappa shape index (κ2) is 4.92. The molecule has 1 aromatic carbocycles. The van der Waals surface area contributed by atoms with E-state index < -0.39 is 17.6 Å². The van der Waals surface area contributed by atoms with Gasteiger partial charge < -0.3 is 4.74 Å². The summed E-state index contributed by atoms with van der Waals surface area (Å²) in [6.45, 7) is 6.05. The fourth-order valence-corrected chi connectivity index (χ4v) is 1.27. The molecule has 0 bridgehead atoms. The van der Waals surface area contributed by atoms with E-state index in [0.29, 0.717) is 5.69 Å². The smallest absolute Gasteiger partial charge is 0.412 e. The number of benzene rings is 1. The van der Waals surface area contributed by atoms with Crippen LogP contribution in [0.15, 0.2) is 24.3 Å². The van der Waals surface area contributed by atoms with Crippen molar-refractivity contribution in [2.24, 2.45) is 0 Å². The maximum Gasteiger partial charge on any atom is 0.412 e. The molecule has 0 aliphatic rings. The van der Waals surface area contributed by atoms with E-state index in [1.165, 1.54) is 24.3 Å². The Labute approximate surface area is 105 Å². The zero-order valence-electron chi connectivity index (χ0n) is 10.9. The summed E-state index contributed by atoms with van der Waals surface area (Å²) in [5, 5.41) is 2.47. The summed E-state index contributed by atoms with van der Waals surface area (Å²) >= 11 is 0. The standard InChI is InChI=1S/C13H17F2NO2/c1-12(2,3)18-11(17)16-10-7-5-9(6-8-10)13(4,14)15/h5-8H,1-4H3,(H,16,17). The van der Waals surface area contributed by atoms with E-state index in [1.54, 1.807) is 20.8 Å². The maximum absolute atomic E-state index is 13.0. The molecule has 0 saturated carbocycles. The van der Waals surface area contributed by atoms with Crippen LogP contribution in [0.5, 0.6) is 0 Å². The fraction of sp³-hybridized carbons (Fsp3) is 0.462. The molecule has 0 fully saturated rings. The van der Waals surface area contributed by atoms with E-state index in [-0.39, 0.29) is 5.56 Å². The van der Waals surface area contributed by atoms with Crippen molar-refractivity contribution in [2.75, 3.05) is 5.32 Å². The molecule has 0 spiro atoms. The number of ether oxygens (including phenoxy) is 1. The van der Waals surface area contributed by atoms with Crippen LogP contribution in [0.3, 0.4) is 0 Å². The van der Waals surface area contributed by atoms with Crippen molar-refractivity contribution in [1.82, 2.24) is 0 Å². The minimum Gasteiger partial charge on any atom is -0.444 e. The second-order valence-corrected chi connectivity index (χ2v) is 5.09. The van der Waals surface area contributed by atoms with Crippen molar-refractivity contribution in [3.05, 3.63) is 29.8 Å². The third-order valence-electron chi connectivity index (χ3n) is 2.04. The lowest BCUT2D eigenvalue weighted by Crippen LogP contribution is -2.27. The second-order valence-electron chi connectivity index (χ2n) is 5.09. The monoisotopic (exact) mass is 257 g/mol. The van der Waals surface area contributed by atoms with Gasteiger partial charge in [-0.2, -0.15) is 0 Å². The lowest BCUT2D eigenvalue weighted by Gasteiger charge is -2.19. The number of nitrogens with one attached hydrogen (secondary N) is 1. The quantitative estimate of drug-likeness (QED) is 0.864. The van der Waals surface area contributed by atoms with Crippen LogP contribution in [0.2, 0.25) is 0 Å². The molecule has 0 atom stereocenters. The lowest BCUT2D eigenvalue weighted by molar-refractivity contribution is 0.0175. The summed E-state index contributed by atoms with van der Waals surface area (Å²) in [7, 11) is 0. The van der Waals surface area contributed by atoms with Gasteiger partial charge in [-0.3, -0.25) is 5.32 Å². The summed E-state index contributed by atoms with van der Waals surface area (Å²) in [6.07, 6.45) is -0.612. The third kappa shape index (κ3) is 4.69. The van der Waals surface area contributed by atoms with Gasteiger partial charge >= 0.3 is 6.09 Å². The maximum atomic E-state index is 13.0. The summed E-state index contributed by atoms with van der Waals surface area (Å²) in [5.74, 6) is -2.88. The molecule has 1 amide bonds. The summed E-state index contributed by atoms with van der Waals surface area (Å²) in [5.41, 5.74) is -0.282. The van der Waals surface area contributed by atoms with Crippen molar-refractivity contribution in [1.29, 1.82) is 0 Å². The van der Waals surface area contributed by atoms with Gasteiger partial charge in [-0.1, -0.05) is 12.1 Å². The predicted molar refractivity (Wildman–Crippen MR) is 65.9 cm³/mol. The minimum atomic E-state index is -2.88. The van der Waals surface area contributed by atoms with Crippen LogP contribution in [-0.4, -0.2) is 11.7 Å². The topological polar surface area (TPSA) is 38.3 Å². The van der Waals surface area contributed by atoms with Crippen LogP contribution in [0, 0.1) is 0 Å². The van der Waals surface area contributed by atoms with Crippen molar-refractivity contribution in [3.8, 4) is 0 Å². The van der Waals surface area contributed by atoms with Crippen LogP contribution >= 0.6 is 0 Å². The Bertz CT molecular complexity index is 416. The van der Waals surface area contributed by atoms with E-state index in [2.05, 4.69) is 5.32 Å². The fourth-order valence-electron chi connectivity index (χ4n) is 1.27. The summed E-state index contributed by atoms with van der Waals surface area (Å²) in [6, 6.07) is 5.37. The minimum absolute atomic E-state index is 0.0998. The molecule has 0 aliphatic heterocycles.